The maximum absolute atomic E-state index is 13.3. The number of aryl methyl sites for hydroxylation is 1. The minimum Gasteiger partial charge on any atom is -0.383 e. The number of sulfonamides is 1. The lowest BCUT2D eigenvalue weighted by atomic mass is 9.97. The lowest BCUT2D eigenvalue weighted by Gasteiger charge is -2.34. The van der Waals surface area contributed by atoms with Gasteiger partial charge in [-0.2, -0.15) is 0 Å². The standard InChI is InChI=1S/C24H28N6O3S/c1-15-12-24(3,4)30(14-15)22-18(9-10-19(28-22)17-8-7-16(2)27-13-17)23(31)29-34(32,33)20-6-5-11-26-21(20)25/h5-11,13,15H,12,14H2,1-4H3,(H2,25,26)(H,29,31)/t15-/m0/s1. The van der Waals surface area contributed by atoms with Crippen LogP contribution in [0.3, 0.4) is 0 Å². The predicted molar refractivity (Wildman–Crippen MR) is 131 cm³/mol. The van der Waals surface area contributed by atoms with Gasteiger partial charge in [-0.25, -0.2) is 23.1 Å². The van der Waals surface area contributed by atoms with E-state index in [9.17, 15) is 13.2 Å². The first-order valence-corrected chi connectivity index (χ1v) is 12.5. The molecule has 0 spiro atoms. The van der Waals surface area contributed by atoms with Crippen molar-refractivity contribution < 1.29 is 13.2 Å². The van der Waals surface area contributed by atoms with Gasteiger partial charge in [0.05, 0.1) is 11.3 Å². The molecule has 1 fully saturated rings. The maximum Gasteiger partial charge on any atom is 0.268 e. The number of nitrogens with zero attached hydrogens (tertiary/aromatic N) is 4. The Labute approximate surface area is 199 Å². The number of amides is 1. The van der Waals surface area contributed by atoms with Gasteiger partial charge in [-0.05, 0) is 69.5 Å². The number of pyridine rings is 3. The van der Waals surface area contributed by atoms with Gasteiger partial charge in [-0.3, -0.25) is 9.78 Å². The zero-order valence-corrected chi connectivity index (χ0v) is 20.4. The molecule has 3 N–H and O–H groups in total. The van der Waals surface area contributed by atoms with Gasteiger partial charge in [-0.1, -0.05) is 6.92 Å². The first-order valence-electron chi connectivity index (χ1n) is 11.0. The topological polar surface area (TPSA) is 131 Å². The van der Waals surface area contributed by atoms with E-state index < -0.39 is 15.9 Å². The fraction of sp³-hybridized carbons (Fsp3) is 0.333. The van der Waals surface area contributed by atoms with Crippen molar-refractivity contribution in [3.63, 3.8) is 0 Å². The highest BCUT2D eigenvalue weighted by molar-refractivity contribution is 7.90. The molecule has 1 saturated heterocycles. The van der Waals surface area contributed by atoms with Gasteiger partial charge in [0.1, 0.15) is 16.5 Å². The molecule has 0 aliphatic carbocycles. The SMILES string of the molecule is Cc1ccc(-c2ccc(C(=O)NS(=O)(=O)c3cccnc3N)c(N3C[C@@H](C)CC3(C)C)n2)cn1. The van der Waals surface area contributed by atoms with Crippen LogP contribution < -0.4 is 15.4 Å². The summed E-state index contributed by atoms with van der Waals surface area (Å²) < 4.78 is 27.9. The summed E-state index contributed by atoms with van der Waals surface area (Å²) in [5, 5.41) is 0. The van der Waals surface area contributed by atoms with Gasteiger partial charge < -0.3 is 10.6 Å². The molecule has 3 aromatic rings. The van der Waals surface area contributed by atoms with Crippen LogP contribution in [0.15, 0.2) is 53.7 Å². The van der Waals surface area contributed by atoms with Crippen LogP contribution in [-0.4, -0.2) is 41.4 Å². The van der Waals surface area contributed by atoms with E-state index >= 15 is 0 Å². The fourth-order valence-corrected chi connectivity index (χ4v) is 5.48. The summed E-state index contributed by atoms with van der Waals surface area (Å²) >= 11 is 0. The van der Waals surface area contributed by atoms with Gasteiger partial charge in [0, 0.05) is 35.7 Å². The summed E-state index contributed by atoms with van der Waals surface area (Å²) in [5.41, 5.74) is 7.96. The Hall–Kier alpha value is -3.53. The summed E-state index contributed by atoms with van der Waals surface area (Å²) in [7, 11) is -4.23. The van der Waals surface area contributed by atoms with Gasteiger partial charge >= 0.3 is 0 Å². The van der Waals surface area contributed by atoms with Crippen LogP contribution >= 0.6 is 0 Å². The third kappa shape index (κ3) is 4.58. The normalized spacial score (nSPS) is 17.5. The monoisotopic (exact) mass is 480 g/mol. The van der Waals surface area contributed by atoms with Gasteiger partial charge in [0.15, 0.2) is 0 Å². The summed E-state index contributed by atoms with van der Waals surface area (Å²) in [6, 6.07) is 9.86. The van der Waals surface area contributed by atoms with E-state index in [1.807, 2.05) is 19.1 Å². The van der Waals surface area contributed by atoms with Crippen molar-refractivity contribution in [2.75, 3.05) is 17.2 Å². The summed E-state index contributed by atoms with van der Waals surface area (Å²) in [6.07, 6.45) is 4.03. The number of carbonyl (C=O) groups excluding carboxylic acids is 1. The molecule has 34 heavy (non-hydrogen) atoms. The van der Waals surface area contributed by atoms with E-state index in [0.29, 0.717) is 24.0 Å². The van der Waals surface area contributed by atoms with Crippen LogP contribution in [0, 0.1) is 12.8 Å². The molecule has 0 saturated carbocycles. The Bertz CT molecular complexity index is 1340. The molecule has 10 heteroatoms. The molecule has 4 rings (SSSR count). The molecular weight excluding hydrogens is 452 g/mol. The Kier molecular flexibility index (Phi) is 6.03. The second-order valence-electron chi connectivity index (χ2n) is 9.31. The number of nitrogen functional groups attached to an aromatic ring is 1. The number of nitrogens with two attached hydrogens (primary N) is 1. The van der Waals surface area contributed by atoms with Crippen LogP contribution in [0.1, 0.15) is 43.2 Å². The van der Waals surface area contributed by atoms with E-state index in [-0.39, 0.29) is 21.8 Å². The largest absolute Gasteiger partial charge is 0.383 e. The van der Waals surface area contributed by atoms with E-state index in [1.165, 1.54) is 18.3 Å². The Morgan fingerprint density at radius 2 is 1.94 bits per heavy atom. The van der Waals surface area contributed by atoms with Crippen molar-refractivity contribution in [3.05, 3.63) is 60.0 Å². The molecule has 4 heterocycles. The van der Waals surface area contributed by atoms with Crippen LogP contribution in [0.5, 0.6) is 0 Å². The van der Waals surface area contributed by atoms with Gasteiger partial charge in [0.2, 0.25) is 0 Å². The molecule has 0 aromatic carbocycles. The van der Waals surface area contributed by atoms with E-state index in [1.54, 1.807) is 18.3 Å². The molecule has 1 aliphatic heterocycles. The van der Waals surface area contributed by atoms with Crippen molar-refractivity contribution in [2.24, 2.45) is 5.92 Å². The third-order valence-electron chi connectivity index (χ3n) is 5.97. The Morgan fingerprint density at radius 1 is 1.18 bits per heavy atom. The maximum atomic E-state index is 13.3. The average molecular weight is 481 g/mol. The van der Waals surface area contributed by atoms with Gasteiger partial charge in [-0.15, -0.1) is 0 Å². The van der Waals surface area contributed by atoms with E-state index in [4.69, 9.17) is 10.7 Å². The lowest BCUT2D eigenvalue weighted by Crippen LogP contribution is -2.41. The van der Waals surface area contributed by atoms with Crippen molar-refractivity contribution in [1.82, 2.24) is 19.7 Å². The number of rotatable bonds is 5. The molecule has 9 nitrogen and oxygen atoms in total. The highest BCUT2D eigenvalue weighted by atomic mass is 32.2. The minimum atomic E-state index is -4.23. The third-order valence-corrected chi connectivity index (χ3v) is 7.35. The van der Waals surface area contributed by atoms with Crippen molar-refractivity contribution in [3.8, 4) is 11.3 Å². The highest BCUT2D eigenvalue weighted by Gasteiger charge is 2.39. The number of carbonyl (C=O) groups is 1. The first-order chi connectivity index (χ1) is 16.0. The van der Waals surface area contributed by atoms with Crippen LogP contribution in [0.4, 0.5) is 11.6 Å². The second kappa shape index (κ2) is 8.68. The Morgan fingerprint density at radius 3 is 2.56 bits per heavy atom. The molecule has 1 aliphatic rings. The Balaban J connectivity index is 1.77. The second-order valence-corrected chi connectivity index (χ2v) is 11.0. The van der Waals surface area contributed by atoms with Crippen LogP contribution in [0.25, 0.3) is 11.3 Å². The highest BCUT2D eigenvalue weighted by Crippen LogP contribution is 2.38. The zero-order valence-electron chi connectivity index (χ0n) is 19.6. The number of nitrogens with one attached hydrogen (secondary N) is 1. The number of hydrogen-bond donors (Lipinski definition) is 2. The summed E-state index contributed by atoms with van der Waals surface area (Å²) in [6.45, 7) is 8.92. The zero-order chi connectivity index (χ0) is 24.7. The molecule has 1 atom stereocenters. The van der Waals surface area contributed by atoms with Gasteiger partial charge in [0.25, 0.3) is 15.9 Å². The number of anilines is 2. The first kappa shape index (κ1) is 23.6. The summed E-state index contributed by atoms with van der Waals surface area (Å²) in [4.78, 5) is 28.1. The molecule has 0 unspecified atom stereocenters. The van der Waals surface area contributed by atoms with Crippen molar-refractivity contribution in [2.45, 2.75) is 44.6 Å². The molecular formula is C24H28N6O3S. The lowest BCUT2D eigenvalue weighted by molar-refractivity contribution is 0.0981. The number of hydrogen-bond acceptors (Lipinski definition) is 8. The minimum absolute atomic E-state index is 0.164. The smallest absolute Gasteiger partial charge is 0.268 e. The molecule has 0 bridgehead atoms. The fourth-order valence-electron chi connectivity index (χ4n) is 4.43. The average Bonchev–Trinajstić information content (AvgIpc) is 3.05. The number of aromatic nitrogens is 3. The molecule has 178 valence electrons. The molecule has 0 radical (unpaired) electrons. The predicted octanol–water partition coefficient (Wildman–Crippen LogP) is 3.17. The summed E-state index contributed by atoms with van der Waals surface area (Å²) in [5.74, 6) is -0.150. The van der Waals surface area contributed by atoms with Crippen molar-refractivity contribution >= 4 is 27.6 Å². The van der Waals surface area contributed by atoms with E-state index in [2.05, 4.69) is 40.4 Å². The molecule has 3 aromatic heterocycles. The van der Waals surface area contributed by atoms with Crippen LogP contribution in [-0.2, 0) is 10.0 Å². The molecule has 1 amide bonds. The quantitative estimate of drug-likeness (QED) is 0.569. The van der Waals surface area contributed by atoms with Crippen molar-refractivity contribution in [1.29, 1.82) is 0 Å². The van der Waals surface area contributed by atoms with Crippen LogP contribution in [0.2, 0.25) is 0 Å². The van der Waals surface area contributed by atoms with E-state index in [0.717, 1.165) is 17.7 Å².